The van der Waals surface area contributed by atoms with Crippen LogP contribution < -0.4 is 0 Å². The molecule has 2 aliphatic rings. The van der Waals surface area contributed by atoms with Gasteiger partial charge < -0.3 is 4.74 Å². The summed E-state index contributed by atoms with van der Waals surface area (Å²) in [5, 5.41) is 8.53. The van der Waals surface area contributed by atoms with Crippen molar-refractivity contribution in [3.05, 3.63) is 65.6 Å². The third kappa shape index (κ3) is 3.98. The summed E-state index contributed by atoms with van der Waals surface area (Å²) >= 11 is 0. The number of pyridine rings is 1. The van der Waals surface area contributed by atoms with Crippen molar-refractivity contribution in [3.63, 3.8) is 0 Å². The molecule has 6 nitrogen and oxygen atoms in total. The van der Waals surface area contributed by atoms with Crippen LogP contribution in [0.5, 0.6) is 0 Å². The van der Waals surface area contributed by atoms with E-state index < -0.39 is 5.95 Å². The van der Waals surface area contributed by atoms with Crippen LogP contribution in [0.4, 0.5) is 8.78 Å². The Balaban J connectivity index is 0.00000120. The van der Waals surface area contributed by atoms with Gasteiger partial charge in [-0.05, 0) is 23.8 Å². The maximum atomic E-state index is 14.2. The van der Waals surface area contributed by atoms with Crippen molar-refractivity contribution in [1.29, 1.82) is 0 Å². The van der Waals surface area contributed by atoms with Crippen LogP contribution in [0.25, 0.3) is 11.3 Å². The molecule has 1 saturated heterocycles. The molecule has 3 aromatic rings. The lowest BCUT2D eigenvalue weighted by Gasteiger charge is -2.26. The summed E-state index contributed by atoms with van der Waals surface area (Å²) in [6.07, 6.45) is 1.55. The largest absolute Gasteiger partial charge is 0.368 e. The molecule has 0 radical (unpaired) electrons. The van der Waals surface area contributed by atoms with Crippen molar-refractivity contribution in [3.8, 4) is 11.3 Å². The van der Waals surface area contributed by atoms with Crippen molar-refractivity contribution >= 4 is 24.8 Å². The monoisotopic (exact) mass is 441 g/mol. The molecule has 5 rings (SSSR count). The summed E-state index contributed by atoms with van der Waals surface area (Å²) in [4.78, 5) is 5.93. The Labute approximate surface area is 178 Å². The minimum absolute atomic E-state index is 0. The van der Waals surface area contributed by atoms with E-state index in [9.17, 15) is 8.78 Å². The van der Waals surface area contributed by atoms with Crippen LogP contribution in [0.3, 0.4) is 0 Å². The van der Waals surface area contributed by atoms with E-state index in [2.05, 4.69) is 20.2 Å². The molecule has 0 spiro atoms. The molecule has 1 fully saturated rings. The molecule has 1 aromatic carbocycles. The molecule has 2 aliphatic heterocycles. The van der Waals surface area contributed by atoms with Gasteiger partial charge in [0.15, 0.2) is 0 Å². The molecule has 154 valence electrons. The van der Waals surface area contributed by atoms with Gasteiger partial charge in [-0.2, -0.15) is 4.39 Å². The number of halogens is 4. The highest BCUT2D eigenvalue weighted by Gasteiger charge is 2.40. The Hall–Kier alpha value is -2.13. The van der Waals surface area contributed by atoms with Gasteiger partial charge in [-0.25, -0.2) is 14.1 Å². The fourth-order valence-corrected chi connectivity index (χ4v) is 3.88. The number of benzene rings is 1. The molecule has 0 bridgehead atoms. The van der Waals surface area contributed by atoms with Crippen molar-refractivity contribution in [1.82, 2.24) is 24.9 Å². The Bertz CT molecular complexity index is 985. The lowest BCUT2D eigenvalue weighted by atomic mass is 10.1. The average Bonchev–Trinajstić information content (AvgIpc) is 3.27. The number of ether oxygens (including phenoxy) is 1. The van der Waals surface area contributed by atoms with Gasteiger partial charge >= 0.3 is 0 Å². The van der Waals surface area contributed by atoms with Gasteiger partial charge in [0.05, 0.1) is 24.4 Å². The third-order valence-electron chi connectivity index (χ3n) is 5.18. The summed E-state index contributed by atoms with van der Waals surface area (Å²) < 4.78 is 35.1. The molecule has 0 amide bonds. The average molecular weight is 442 g/mol. The van der Waals surface area contributed by atoms with E-state index in [1.807, 2.05) is 4.68 Å². The molecule has 29 heavy (non-hydrogen) atoms. The summed E-state index contributed by atoms with van der Waals surface area (Å²) in [6.45, 7) is 2.49. The van der Waals surface area contributed by atoms with Crippen LogP contribution in [0.2, 0.25) is 0 Å². The topological polar surface area (TPSA) is 56.1 Å². The molecule has 4 heterocycles. The maximum absolute atomic E-state index is 14.2. The van der Waals surface area contributed by atoms with Gasteiger partial charge in [0.1, 0.15) is 11.5 Å². The minimum atomic E-state index is -0.481. The first-order valence-corrected chi connectivity index (χ1v) is 8.82. The van der Waals surface area contributed by atoms with E-state index in [-0.39, 0.29) is 42.8 Å². The van der Waals surface area contributed by atoms with Gasteiger partial charge in [-0.3, -0.25) is 4.90 Å². The van der Waals surface area contributed by atoms with Crippen molar-refractivity contribution < 1.29 is 13.5 Å². The highest BCUT2D eigenvalue weighted by Crippen LogP contribution is 2.35. The predicted octanol–water partition coefficient (Wildman–Crippen LogP) is 3.42. The van der Waals surface area contributed by atoms with Crippen molar-refractivity contribution in [2.75, 3.05) is 13.1 Å². The van der Waals surface area contributed by atoms with E-state index in [1.165, 1.54) is 12.1 Å². The molecular weight excluding hydrogens is 423 g/mol. The second kappa shape index (κ2) is 8.71. The number of aromatic nitrogens is 4. The highest BCUT2D eigenvalue weighted by atomic mass is 35.5. The molecule has 10 heteroatoms. The molecule has 0 saturated carbocycles. The first kappa shape index (κ1) is 21.6. The van der Waals surface area contributed by atoms with Gasteiger partial charge in [0, 0.05) is 31.4 Å². The molecule has 0 aliphatic carbocycles. The maximum Gasteiger partial charge on any atom is 0.212 e. The van der Waals surface area contributed by atoms with Crippen LogP contribution >= 0.6 is 24.8 Å². The first-order chi connectivity index (χ1) is 13.2. The second-order valence-electron chi connectivity index (χ2n) is 6.91. The lowest BCUT2D eigenvalue weighted by Crippen LogP contribution is -2.32. The zero-order valence-corrected chi connectivity index (χ0v) is 16.9. The number of hydrogen-bond acceptors (Lipinski definition) is 5. The minimum Gasteiger partial charge on any atom is -0.368 e. The van der Waals surface area contributed by atoms with Gasteiger partial charge in [0.25, 0.3) is 0 Å². The molecule has 2 aromatic heterocycles. The van der Waals surface area contributed by atoms with Crippen LogP contribution in [0.1, 0.15) is 17.3 Å². The van der Waals surface area contributed by atoms with E-state index in [1.54, 1.807) is 30.5 Å². The summed E-state index contributed by atoms with van der Waals surface area (Å²) in [7, 11) is 0. The lowest BCUT2D eigenvalue weighted by molar-refractivity contribution is -0.00495. The first-order valence-electron chi connectivity index (χ1n) is 8.82. The number of rotatable bonds is 3. The van der Waals surface area contributed by atoms with Gasteiger partial charge in [-0.15, -0.1) is 29.9 Å². The summed E-state index contributed by atoms with van der Waals surface area (Å²) in [6, 6.07) is 9.69. The van der Waals surface area contributed by atoms with Gasteiger partial charge in [-0.1, -0.05) is 23.4 Å². The quantitative estimate of drug-likeness (QED) is 0.582. The summed E-state index contributed by atoms with van der Waals surface area (Å²) in [5.41, 5.74) is 2.72. The molecular formula is C19H19Cl2F2N5O. The third-order valence-corrected chi connectivity index (χ3v) is 5.18. The highest BCUT2D eigenvalue weighted by molar-refractivity contribution is 5.85. The molecule has 0 unspecified atom stereocenters. The number of fused-ring (bicyclic) bond motifs is 3. The fraction of sp³-hybridized carbons (Fsp3) is 0.316. The number of nitrogens with zero attached hydrogens (tertiary/aromatic N) is 5. The molecule has 0 N–H and O–H groups in total. The van der Waals surface area contributed by atoms with Crippen LogP contribution in [0.15, 0.2) is 42.6 Å². The Kier molecular flexibility index (Phi) is 6.48. The van der Waals surface area contributed by atoms with E-state index in [0.29, 0.717) is 24.4 Å². The van der Waals surface area contributed by atoms with Crippen molar-refractivity contribution in [2.45, 2.75) is 25.3 Å². The van der Waals surface area contributed by atoms with E-state index >= 15 is 0 Å². The number of hydrogen-bond donors (Lipinski definition) is 0. The normalized spacial score (nSPS) is 20.3. The smallest absolute Gasteiger partial charge is 0.212 e. The number of likely N-dealkylation sites (tertiary alicyclic amines) is 1. The predicted molar refractivity (Wildman–Crippen MR) is 107 cm³/mol. The molecule has 2 atom stereocenters. The standard InChI is InChI=1S/C19H17F2N5O.2ClH/c20-14-4-2-1-3-13(14)19-16-11-27-17-10-25(9-15(17)26(16)24-23-19)8-12-5-6-18(21)22-7-12;;/h1-7,15,17H,8-11H2;2*1H/t15-,17-;;/m1../s1. The van der Waals surface area contributed by atoms with E-state index in [0.717, 1.165) is 24.3 Å². The summed E-state index contributed by atoms with van der Waals surface area (Å²) in [5.74, 6) is -0.801. The van der Waals surface area contributed by atoms with Gasteiger partial charge in [0.2, 0.25) is 5.95 Å². The SMILES string of the molecule is Cl.Cl.Fc1ccc(CN2C[C@@H]3[C@@H](C2)OCc2c(-c4ccccc4F)nnn23)cn1. The Morgan fingerprint density at radius 1 is 1.07 bits per heavy atom. The van der Waals surface area contributed by atoms with Crippen LogP contribution in [-0.4, -0.2) is 44.1 Å². The fourth-order valence-electron chi connectivity index (χ4n) is 3.88. The van der Waals surface area contributed by atoms with Crippen LogP contribution in [0, 0.1) is 11.8 Å². The second-order valence-corrected chi connectivity index (χ2v) is 6.91. The Morgan fingerprint density at radius 3 is 2.66 bits per heavy atom. The Morgan fingerprint density at radius 2 is 1.90 bits per heavy atom. The van der Waals surface area contributed by atoms with E-state index in [4.69, 9.17) is 4.74 Å². The zero-order valence-electron chi connectivity index (χ0n) is 15.2. The zero-order chi connectivity index (χ0) is 18.4. The van der Waals surface area contributed by atoms with Crippen LogP contribution in [-0.2, 0) is 17.9 Å². The van der Waals surface area contributed by atoms with Crippen molar-refractivity contribution in [2.24, 2.45) is 0 Å².